The highest BCUT2D eigenvalue weighted by Crippen LogP contribution is 2.27. The van der Waals surface area contributed by atoms with Crippen molar-refractivity contribution >= 4 is 5.57 Å². The third-order valence-corrected chi connectivity index (χ3v) is 3.82. The summed E-state index contributed by atoms with van der Waals surface area (Å²) in [5, 5.41) is 2.33. The number of fused-ring (bicyclic) bond motifs is 2. The molecule has 0 unspecified atom stereocenters. The van der Waals surface area contributed by atoms with Gasteiger partial charge in [-0.25, -0.2) is 4.99 Å². The molecule has 1 aliphatic heterocycles. The van der Waals surface area contributed by atoms with Crippen molar-refractivity contribution < 1.29 is 4.74 Å². The van der Waals surface area contributed by atoms with E-state index in [1.165, 1.54) is 22.1 Å². The Balaban J connectivity index is 1.63. The monoisotopic (exact) mass is 261 g/mol. The summed E-state index contributed by atoms with van der Waals surface area (Å²) in [5.74, 6) is 0.920. The third kappa shape index (κ3) is 1.94. The quantitative estimate of drug-likeness (QED) is 0.832. The number of benzene rings is 2. The number of rotatable bonds is 3. The van der Waals surface area contributed by atoms with Gasteiger partial charge in [-0.3, -0.25) is 0 Å². The Morgan fingerprint density at radius 3 is 2.85 bits per heavy atom. The topological polar surface area (TPSA) is 21.6 Å². The van der Waals surface area contributed by atoms with Crippen LogP contribution in [0.2, 0.25) is 0 Å². The lowest BCUT2D eigenvalue weighted by atomic mass is 10.1. The molecule has 0 bridgehead atoms. The number of nitrogens with zero attached hydrogens (tertiary/aromatic N) is 1. The van der Waals surface area contributed by atoms with E-state index in [9.17, 15) is 0 Å². The van der Waals surface area contributed by atoms with E-state index >= 15 is 0 Å². The second kappa shape index (κ2) is 4.64. The van der Waals surface area contributed by atoms with E-state index in [-0.39, 0.29) is 0 Å². The highest BCUT2D eigenvalue weighted by Gasteiger charge is 2.17. The molecule has 1 heterocycles. The molecule has 0 amide bonds. The van der Waals surface area contributed by atoms with Gasteiger partial charge in [-0.05, 0) is 42.2 Å². The van der Waals surface area contributed by atoms with Gasteiger partial charge in [0, 0.05) is 5.22 Å². The van der Waals surface area contributed by atoms with Gasteiger partial charge >= 0.3 is 0 Å². The van der Waals surface area contributed by atoms with Gasteiger partial charge in [-0.15, -0.1) is 0 Å². The Morgan fingerprint density at radius 1 is 1.05 bits per heavy atom. The molecular formula is C18H15NO. The molecule has 0 saturated heterocycles. The molecule has 2 aliphatic rings. The molecule has 0 fully saturated rings. The summed E-state index contributed by atoms with van der Waals surface area (Å²) in [6.07, 6.45) is 4.44. The lowest BCUT2D eigenvalue weighted by Gasteiger charge is -2.06. The van der Waals surface area contributed by atoms with Gasteiger partial charge < -0.3 is 4.74 Å². The predicted molar refractivity (Wildman–Crippen MR) is 78.7 cm³/mol. The predicted octanol–water partition coefficient (Wildman–Crippen LogP) is 2.73. The minimum Gasteiger partial charge on any atom is -0.489 e. The summed E-state index contributed by atoms with van der Waals surface area (Å²) in [6.45, 7) is 0.606. The number of hydrogen-bond acceptors (Lipinski definition) is 2. The standard InChI is InChI=1S/C18H15NO/c1-2-5-13(6-3-1)12-20-14-9-10-18-16(11-14)15-7-4-8-17(15)19-18/h1-3,5-6,8-11H,4,7,12H2. The van der Waals surface area contributed by atoms with Gasteiger partial charge in [-0.2, -0.15) is 0 Å². The van der Waals surface area contributed by atoms with Crippen LogP contribution in [-0.4, -0.2) is 0 Å². The largest absolute Gasteiger partial charge is 0.489 e. The van der Waals surface area contributed by atoms with Crippen LogP contribution in [0.3, 0.4) is 0 Å². The number of ether oxygens (including phenoxy) is 1. The molecule has 0 radical (unpaired) electrons. The average molecular weight is 261 g/mol. The molecule has 0 spiro atoms. The number of hydrogen-bond donors (Lipinski definition) is 0. The van der Waals surface area contributed by atoms with Crippen LogP contribution in [0, 0.1) is 0 Å². The zero-order chi connectivity index (χ0) is 13.4. The molecule has 0 atom stereocenters. The number of allylic oxidation sites excluding steroid dienone is 2. The van der Waals surface area contributed by atoms with Crippen LogP contribution in [0.15, 0.2) is 65.3 Å². The fraction of sp³-hybridized carbons (Fsp3) is 0.167. The first-order chi connectivity index (χ1) is 9.90. The van der Waals surface area contributed by atoms with E-state index < -0.39 is 0 Å². The third-order valence-electron chi connectivity index (χ3n) is 3.82. The van der Waals surface area contributed by atoms with Crippen molar-refractivity contribution in [3.63, 3.8) is 0 Å². The van der Waals surface area contributed by atoms with Crippen molar-refractivity contribution in [2.45, 2.75) is 19.4 Å². The fourth-order valence-corrected chi connectivity index (χ4v) is 2.81. The summed E-state index contributed by atoms with van der Waals surface area (Å²) in [6, 6.07) is 16.4. The van der Waals surface area contributed by atoms with Crippen LogP contribution < -0.4 is 15.3 Å². The molecule has 0 saturated carbocycles. The minimum absolute atomic E-state index is 0.606. The zero-order valence-electron chi connectivity index (χ0n) is 11.2. The van der Waals surface area contributed by atoms with E-state index in [4.69, 9.17) is 4.74 Å². The van der Waals surface area contributed by atoms with Crippen molar-refractivity contribution in [1.82, 2.24) is 0 Å². The van der Waals surface area contributed by atoms with E-state index in [2.05, 4.69) is 35.3 Å². The highest BCUT2D eigenvalue weighted by molar-refractivity contribution is 5.69. The molecule has 0 aromatic heterocycles. The highest BCUT2D eigenvalue weighted by atomic mass is 16.5. The van der Waals surface area contributed by atoms with Crippen molar-refractivity contribution in [1.29, 1.82) is 0 Å². The lowest BCUT2D eigenvalue weighted by Crippen LogP contribution is -2.22. The van der Waals surface area contributed by atoms with Crippen LogP contribution in [0.25, 0.3) is 5.57 Å². The van der Waals surface area contributed by atoms with Gasteiger partial charge in [0.25, 0.3) is 0 Å². The Labute approximate surface area is 117 Å². The second-order valence-corrected chi connectivity index (χ2v) is 5.17. The summed E-state index contributed by atoms with van der Waals surface area (Å²) >= 11 is 0. The molecule has 2 aromatic rings. The van der Waals surface area contributed by atoms with Crippen LogP contribution in [0.4, 0.5) is 0 Å². The maximum atomic E-state index is 5.89. The maximum Gasteiger partial charge on any atom is 0.120 e. The molecule has 0 N–H and O–H groups in total. The summed E-state index contributed by atoms with van der Waals surface area (Å²) < 4.78 is 5.89. The molecule has 2 nitrogen and oxygen atoms in total. The van der Waals surface area contributed by atoms with Gasteiger partial charge in [0.05, 0.1) is 11.1 Å². The smallest absolute Gasteiger partial charge is 0.120 e. The Bertz CT molecular complexity index is 803. The summed E-state index contributed by atoms with van der Waals surface area (Å²) in [7, 11) is 0. The SMILES string of the molecule is C1=C2N=c3ccc(OCc4ccccc4)cc3=C2CC1. The first kappa shape index (κ1) is 11.5. The first-order valence-electron chi connectivity index (χ1n) is 6.99. The van der Waals surface area contributed by atoms with Crippen molar-refractivity contribution in [2.24, 2.45) is 4.99 Å². The maximum absolute atomic E-state index is 5.89. The van der Waals surface area contributed by atoms with Gasteiger partial charge in [0.15, 0.2) is 0 Å². The van der Waals surface area contributed by atoms with Crippen molar-refractivity contribution in [2.75, 3.05) is 0 Å². The molecule has 2 heteroatoms. The molecule has 1 aliphatic carbocycles. The minimum atomic E-state index is 0.606. The van der Waals surface area contributed by atoms with Crippen molar-refractivity contribution in [3.05, 3.63) is 76.4 Å². The molecular weight excluding hydrogens is 246 g/mol. The van der Waals surface area contributed by atoms with E-state index in [1.807, 2.05) is 24.3 Å². The van der Waals surface area contributed by atoms with Crippen LogP contribution >= 0.6 is 0 Å². The zero-order valence-corrected chi connectivity index (χ0v) is 11.2. The Morgan fingerprint density at radius 2 is 1.95 bits per heavy atom. The molecule has 2 aromatic carbocycles. The van der Waals surface area contributed by atoms with E-state index in [0.29, 0.717) is 6.61 Å². The molecule has 4 rings (SSSR count). The first-order valence-corrected chi connectivity index (χ1v) is 6.99. The van der Waals surface area contributed by atoms with E-state index in [0.717, 1.165) is 23.9 Å². The van der Waals surface area contributed by atoms with Gasteiger partial charge in [0.2, 0.25) is 0 Å². The fourth-order valence-electron chi connectivity index (χ4n) is 2.81. The molecule has 98 valence electrons. The van der Waals surface area contributed by atoms with Crippen LogP contribution in [-0.2, 0) is 6.61 Å². The van der Waals surface area contributed by atoms with Gasteiger partial charge in [-0.1, -0.05) is 36.4 Å². The van der Waals surface area contributed by atoms with Crippen LogP contribution in [0.5, 0.6) is 5.75 Å². The summed E-state index contributed by atoms with van der Waals surface area (Å²) in [5.41, 5.74) is 3.73. The molecule has 20 heavy (non-hydrogen) atoms. The van der Waals surface area contributed by atoms with Crippen molar-refractivity contribution in [3.8, 4) is 5.75 Å². The second-order valence-electron chi connectivity index (χ2n) is 5.17. The van der Waals surface area contributed by atoms with Crippen LogP contribution in [0.1, 0.15) is 18.4 Å². The Hall–Kier alpha value is -2.35. The Kier molecular flexibility index (Phi) is 2.66. The van der Waals surface area contributed by atoms with E-state index in [1.54, 1.807) is 0 Å². The summed E-state index contributed by atoms with van der Waals surface area (Å²) in [4.78, 5) is 4.64. The normalized spacial score (nSPS) is 15.4. The average Bonchev–Trinajstić information content (AvgIpc) is 3.07. The lowest BCUT2D eigenvalue weighted by molar-refractivity contribution is 0.306. The van der Waals surface area contributed by atoms with Gasteiger partial charge in [0.1, 0.15) is 12.4 Å².